The molecule has 23 heavy (non-hydrogen) atoms. The standard InChI is InChI=1S/C15H24N3O2PS2/c1-6-11(2)23-21(20,16-4)18(5)15(22)13-7-9-14(10-8-13)17-12(3)19/h7-11H,6H2,1-5H3,(H,16,20)(H,17,19). The van der Waals surface area contributed by atoms with E-state index in [0.717, 1.165) is 12.0 Å². The minimum Gasteiger partial charge on any atom is -0.326 e. The van der Waals surface area contributed by atoms with Gasteiger partial charge in [-0.3, -0.25) is 14.0 Å². The summed E-state index contributed by atoms with van der Waals surface area (Å²) in [5, 5.41) is 5.90. The molecule has 0 saturated carbocycles. The number of carbonyl (C=O) groups excluding carboxylic acids is 1. The first kappa shape index (κ1) is 20.2. The van der Waals surface area contributed by atoms with Crippen LogP contribution in [0.2, 0.25) is 0 Å². The molecule has 0 aliphatic rings. The van der Waals surface area contributed by atoms with Crippen molar-refractivity contribution in [1.29, 1.82) is 0 Å². The van der Waals surface area contributed by atoms with Gasteiger partial charge in [0.25, 0.3) is 6.65 Å². The van der Waals surface area contributed by atoms with E-state index in [-0.39, 0.29) is 11.2 Å². The number of hydrogen-bond donors (Lipinski definition) is 2. The Bertz CT molecular complexity index is 607. The maximum Gasteiger partial charge on any atom is 0.293 e. The van der Waals surface area contributed by atoms with E-state index in [9.17, 15) is 9.36 Å². The smallest absolute Gasteiger partial charge is 0.293 e. The number of nitrogens with zero attached hydrogens (tertiary/aromatic N) is 1. The lowest BCUT2D eigenvalue weighted by Crippen LogP contribution is -2.27. The van der Waals surface area contributed by atoms with Crippen molar-refractivity contribution < 1.29 is 9.36 Å². The van der Waals surface area contributed by atoms with Crippen LogP contribution in [0, 0.1) is 0 Å². The summed E-state index contributed by atoms with van der Waals surface area (Å²) < 4.78 is 14.8. The molecular formula is C15H24N3O2PS2. The second kappa shape index (κ2) is 8.83. The largest absolute Gasteiger partial charge is 0.326 e. The molecule has 1 aromatic rings. The highest BCUT2D eigenvalue weighted by atomic mass is 32.7. The number of nitrogens with one attached hydrogen (secondary N) is 2. The summed E-state index contributed by atoms with van der Waals surface area (Å²) in [6, 6.07) is 7.20. The van der Waals surface area contributed by atoms with E-state index in [1.165, 1.54) is 18.3 Å². The Hall–Kier alpha value is -0.880. The first-order valence-corrected chi connectivity index (χ1v) is 10.9. The molecule has 0 aromatic heterocycles. The molecule has 1 rings (SSSR count). The van der Waals surface area contributed by atoms with Crippen LogP contribution in [-0.4, -0.2) is 34.9 Å². The molecule has 0 fully saturated rings. The maximum atomic E-state index is 13.1. The molecule has 0 aliphatic carbocycles. The summed E-state index contributed by atoms with van der Waals surface area (Å²) in [6.45, 7) is 2.74. The fraction of sp³-hybridized carbons (Fsp3) is 0.467. The van der Waals surface area contributed by atoms with Crippen LogP contribution in [0.1, 0.15) is 32.8 Å². The van der Waals surface area contributed by atoms with Crippen LogP contribution in [0.4, 0.5) is 5.69 Å². The normalized spacial score (nSPS) is 14.7. The summed E-state index contributed by atoms with van der Waals surface area (Å²) in [5.74, 6) is -0.123. The summed E-state index contributed by atoms with van der Waals surface area (Å²) in [5.41, 5.74) is 1.49. The number of anilines is 1. The Morgan fingerprint density at radius 3 is 2.39 bits per heavy atom. The third-order valence-electron chi connectivity index (χ3n) is 3.32. The highest BCUT2D eigenvalue weighted by Crippen LogP contribution is 2.59. The monoisotopic (exact) mass is 373 g/mol. The van der Waals surface area contributed by atoms with Gasteiger partial charge in [0.2, 0.25) is 5.91 Å². The SMILES string of the molecule is CCC(C)SP(=O)(NC)N(C)C(=S)c1ccc(NC(C)=O)cc1. The van der Waals surface area contributed by atoms with Gasteiger partial charge in [-0.05, 0) is 37.7 Å². The summed E-state index contributed by atoms with van der Waals surface area (Å²) in [6.07, 6.45) is 0.933. The van der Waals surface area contributed by atoms with Crippen molar-refractivity contribution in [2.45, 2.75) is 32.4 Å². The van der Waals surface area contributed by atoms with Gasteiger partial charge in [0.15, 0.2) is 0 Å². The zero-order chi connectivity index (χ0) is 17.6. The fourth-order valence-corrected chi connectivity index (χ4v) is 6.87. The molecule has 0 radical (unpaired) electrons. The minimum absolute atomic E-state index is 0.123. The quantitative estimate of drug-likeness (QED) is 0.554. The van der Waals surface area contributed by atoms with Crippen molar-refractivity contribution in [3.63, 3.8) is 0 Å². The lowest BCUT2D eigenvalue weighted by atomic mass is 10.2. The lowest BCUT2D eigenvalue weighted by molar-refractivity contribution is -0.114. The molecule has 0 aliphatic heterocycles. The van der Waals surface area contributed by atoms with Crippen LogP contribution in [-0.2, 0) is 9.36 Å². The van der Waals surface area contributed by atoms with Crippen molar-refractivity contribution in [1.82, 2.24) is 9.76 Å². The molecular weight excluding hydrogens is 349 g/mol. The van der Waals surface area contributed by atoms with Crippen LogP contribution in [0.5, 0.6) is 0 Å². The van der Waals surface area contributed by atoms with Gasteiger partial charge in [0.05, 0.1) is 0 Å². The molecule has 5 nitrogen and oxygen atoms in total. The third kappa shape index (κ3) is 5.60. The third-order valence-corrected chi connectivity index (χ3v) is 9.72. The van der Waals surface area contributed by atoms with Crippen molar-refractivity contribution in [2.75, 3.05) is 19.4 Å². The van der Waals surface area contributed by atoms with Crippen LogP contribution in [0.25, 0.3) is 0 Å². The Morgan fingerprint density at radius 1 is 1.39 bits per heavy atom. The van der Waals surface area contributed by atoms with Crippen molar-refractivity contribution in [3.8, 4) is 0 Å². The molecule has 2 atom stereocenters. The average molecular weight is 373 g/mol. The first-order chi connectivity index (χ1) is 10.7. The van der Waals surface area contributed by atoms with Gasteiger partial charge < -0.3 is 5.32 Å². The molecule has 0 bridgehead atoms. The van der Waals surface area contributed by atoms with Gasteiger partial charge in [-0.25, -0.2) is 5.09 Å². The second-order valence-electron chi connectivity index (χ2n) is 5.16. The number of rotatable bonds is 7. The highest BCUT2D eigenvalue weighted by Gasteiger charge is 2.31. The van der Waals surface area contributed by atoms with Gasteiger partial charge in [-0.15, -0.1) is 0 Å². The molecule has 1 aromatic carbocycles. The van der Waals surface area contributed by atoms with E-state index >= 15 is 0 Å². The second-order valence-corrected chi connectivity index (χ2v) is 10.8. The van der Waals surface area contributed by atoms with E-state index in [4.69, 9.17) is 12.2 Å². The molecule has 0 spiro atoms. The summed E-state index contributed by atoms with van der Waals surface area (Å²) >= 11 is 6.91. The zero-order valence-electron chi connectivity index (χ0n) is 14.1. The number of amides is 1. The molecule has 2 unspecified atom stereocenters. The molecule has 1 amide bonds. The Labute approximate surface area is 147 Å². The van der Waals surface area contributed by atoms with E-state index in [2.05, 4.69) is 17.3 Å². The fourth-order valence-electron chi connectivity index (χ4n) is 1.80. The van der Waals surface area contributed by atoms with E-state index in [1.807, 2.05) is 19.1 Å². The van der Waals surface area contributed by atoms with Gasteiger partial charge in [0, 0.05) is 30.5 Å². The van der Waals surface area contributed by atoms with Crippen LogP contribution in [0.15, 0.2) is 24.3 Å². The molecule has 2 N–H and O–H groups in total. The highest BCUT2D eigenvalue weighted by molar-refractivity contribution is 8.57. The first-order valence-electron chi connectivity index (χ1n) is 7.37. The van der Waals surface area contributed by atoms with E-state index in [1.54, 1.807) is 30.9 Å². The predicted octanol–water partition coefficient (Wildman–Crippen LogP) is 4.11. The number of carbonyl (C=O) groups is 1. The Kier molecular flexibility index (Phi) is 7.74. The number of hydrogen-bond acceptors (Lipinski definition) is 4. The molecule has 0 saturated heterocycles. The lowest BCUT2D eigenvalue weighted by Gasteiger charge is -2.30. The van der Waals surface area contributed by atoms with Crippen molar-refractivity contribution in [3.05, 3.63) is 29.8 Å². The Balaban J connectivity index is 2.93. The van der Waals surface area contributed by atoms with Crippen molar-refractivity contribution >= 4 is 46.8 Å². The van der Waals surface area contributed by atoms with Crippen molar-refractivity contribution in [2.24, 2.45) is 0 Å². The van der Waals surface area contributed by atoms with Gasteiger partial charge in [-0.1, -0.05) is 37.4 Å². The minimum atomic E-state index is -2.83. The Morgan fingerprint density at radius 2 is 1.96 bits per heavy atom. The molecule has 128 valence electrons. The topological polar surface area (TPSA) is 61.4 Å². The molecule has 0 heterocycles. The predicted molar refractivity (Wildman–Crippen MR) is 104 cm³/mol. The maximum absolute atomic E-state index is 13.1. The van der Waals surface area contributed by atoms with Gasteiger partial charge in [-0.2, -0.15) is 0 Å². The van der Waals surface area contributed by atoms with E-state index < -0.39 is 6.65 Å². The van der Waals surface area contributed by atoms with Gasteiger partial charge >= 0.3 is 0 Å². The number of benzene rings is 1. The summed E-state index contributed by atoms with van der Waals surface area (Å²) in [7, 11) is 3.44. The van der Waals surface area contributed by atoms with Crippen LogP contribution < -0.4 is 10.4 Å². The van der Waals surface area contributed by atoms with Gasteiger partial charge in [0.1, 0.15) is 4.99 Å². The van der Waals surface area contributed by atoms with Crippen LogP contribution in [0.3, 0.4) is 0 Å². The van der Waals surface area contributed by atoms with E-state index in [0.29, 0.717) is 10.7 Å². The zero-order valence-corrected chi connectivity index (χ0v) is 16.6. The van der Waals surface area contributed by atoms with Crippen LogP contribution >= 0.6 is 30.2 Å². The average Bonchev–Trinajstić information content (AvgIpc) is 2.53. The summed E-state index contributed by atoms with van der Waals surface area (Å²) in [4.78, 5) is 11.6. The number of thiocarbonyl (C=S) groups is 1. The molecule has 8 heteroatoms.